The third-order valence-electron chi connectivity index (χ3n) is 2.63. The Morgan fingerprint density at radius 2 is 1.83 bits per heavy atom. The van der Waals surface area contributed by atoms with Crippen LogP contribution in [0.2, 0.25) is 5.02 Å². The Morgan fingerprint density at radius 1 is 1.17 bits per heavy atom. The fourth-order valence-electron chi connectivity index (χ4n) is 1.61. The lowest BCUT2D eigenvalue weighted by atomic mass is 10.2. The molecule has 0 aliphatic rings. The van der Waals surface area contributed by atoms with Gasteiger partial charge in [0.15, 0.2) is 0 Å². The molecule has 0 aliphatic carbocycles. The van der Waals surface area contributed by atoms with Crippen LogP contribution in [0.15, 0.2) is 12.1 Å². The van der Waals surface area contributed by atoms with Crippen LogP contribution < -0.4 is 14.8 Å². The lowest BCUT2D eigenvalue weighted by Crippen LogP contribution is -2.17. The van der Waals surface area contributed by atoms with E-state index >= 15 is 0 Å². The Bertz CT molecular complexity index is 385. The first-order chi connectivity index (χ1) is 8.62. The zero-order valence-electron chi connectivity index (χ0n) is 11.2. The number of nitrogens with one attached hydrogen (secondary N) is 1. The van der Waals surface area contributed by atoms with Crippen molar-refractivity contribution in [1.82, 2.24) is 0 Å². The molecule has 5 heteroatoms. The van der Waals surface area contributed by atoms with Gasteiger partial charge in [0.1, 0.15) is 11.5 Å². The van der Waals surface area contributed by atoms with Gasteiger partial charge in [0.25, 0.3) is 0 Å². The highest BCUT2D eigenvalue weighted by Gasteiger charge is 2.11. The Morgan fingerprint density at radius 3 is 2.39 bits per heavy atom. The summed E-state index contributed by atoms with van der Waals surface area (Å²) in [5, 5.41) is 3.90. The van der Waals surface area contributed by atoms with Gasteiger partial charge in [0.2, 0.25) is 0 Å². The summed E-state index contributed by atoms with van der Waals surface area (Å²) in [4.78, 5) is 0. The van der Waals surface area contributed by atoms with Gasteiger partial charge in [0.05, 0.1) is 24.9 Å². The zero-order valence-corrected chi connectivity index (χ0v) is 12.0. The number of halogens is 1. The molecule has 1 unspecified atom stereocenters. The van der Waals surface area contributed by atoms with Gasteiger partial charge < -0.3 is 19.5 Å². The summed E-state index contributed by atoms with van der Waals surface area (Å²) in [6, 6.07) is 3.85. The summed E-state index contributed by atoms with van der Waals surface area (Å²) >= 11 is 6.10. The molecule has 0 radical (unpaired) electrons. The number of hydrogen-bond acceptors (Lipinski definition) is 4. The molecule has 4 nitrogen and oxygen atoms in total. The monoisotopic (exact) mass is 273 g/mol. The van der Waals surface area contributed by atoms with Gasteiger partial charge in [-0.3, -0.25) is 0 Å². The molecule has 1 atom stereocenters. The molecular weight excluding hydrogens is 254 g/mol. The van der Waals surface area contributed by atoms with E-state index in [1.807, 2.05) is 6.07 Å². The lowest BCUT2D eigenvalue weighted by molar-refractivity contribution is 0.191. The average molecular weight is 274 g/mol. The van der Waals surface area contributed by atoms with E-state index in [0.717, 1.165) is 12.1 Å². The van der Waals surface area contributed by atoms with Crippen LogP contribution in [0.4, 0.5) is 5.69 Å². The molecular formula is C13H20ClNO3. The largest absolute Gasteiger partial charge is 0.495 e. The Kier molecular flexibility index (Phi) is 6.09. The van der Waals surface area contributed by atoms with Gasteiger partial charge in [-0.2, -0.15) is 0 Å². The summed E-state index contributed by atoms with van der Waals surface area (Å²) in [5.74, 6) is 1.31. The molecule has 0 aromatic heterocycles. The minimum absolute atomic E-state index is 0.267. The van der Waals surface area contributed by atoms with Crippen LogP contribution in [-0.2, 0) is 4.74 Å². The van der Waals surface area contributed by atoms with Crippen LogP contribution >= 0.6 is 11.6 Å². The average Bonchev–Trinajstić information content (AvgIpc) is 2.36. The van der Waals surface area contributed by atoms with Crippen molar-refractivity contribution in [3.05, 3.63) is 17.2 Å². The number of methoxy groups -OCH3 is 3. The van der Waals surface area contributed by atoms with Crippen molar-refractivity contribution < 1.29 is 14.2 Å². The van der Waals surface area contributed by atoms with Gasteiger partial charge in [-0.1, -0.05) is 11.6 Å². The fourth-order valence-corrected chi connectivity index (χ4v) is 1.85. The second-order valence-electron chi connectivity index (χ2n) is 4.01. The van der Waals surface area contributed by atoms with Gasteiger partial charge in [-0.05, 0) is 19.4 Å². The molecule has 102 valence electrons. The van der Waals surface area contributed by atoms with Crippen molar-refractivity contribution in [3.8, 4) is 11.5 Å². The molecule has 1 aromatic rings. The molecule has 0 fully saturated rings. The van der Waals surface area contributed by atoms with Gasteiger partial charge >= 0.3 is 0 Å². The minimum atomic E-state index is 0.267. The standard InChI is InChI=1S/C13H20ClNO3/c1-9(5-6-16-2)15-11-7-10(14)12(17-3)8-13(11)18-4/h7-9,15H,5-6H2,1-4H3. The van der Waals surface area contributed by atoms with Crippen molar-refractivity contribution in [2.75, 3.05) is 33.3 Å². The molecule has 0 heterocycles. The van der Waals surface area contributed by atoms with E-state index in [1.54, 1.807) is 27.4 Å². The number of rotatable bonds is 7. The normalized spacial score (nSPS) is 12.1. The highest BCUT2D eigenvalue weighted by Crippen LogP contribution is 2.36. The molecule has 0 saturated carbocycles. The lowest BCUT2D eigenvalue weighted by Gasteiger charge is -2.18. The van der Waals surface area contributed by atoms with E-state index in [2.05, 4.69) is 12.2 Å². The molecule has 1 rings (SSSR count). The first-order valence-corrected chi connectivity index (χ1v) is 6.17. The predicted octanol–water partition coefficient (Wildman–Crippen LogP) is 3.19. The van der Waals surface area contributed by atoms with E-state index in [-0.39, 0.29) is 6.04 Å². The molecule has 18 heavy (non-hydrogen) atoms. The highest BCUT2D eigenvalue weighted by atomic mass is 35.5. The molecule has 0 amide bonds. The molecule has 0 bridgehead atoms. The summed E-state index contributed by atoms with van der Waals surface area (Å²) in [5.41, 5.74) is 0.854. The maximum atomic E-state index is 6.10. The van der Waals surface area contributed by atoms with E-state index in [0.29, 0.717) is 23.1 Å². The van der Waals surface area contributed by atoms with Crippen molar-refractivity contribution >= 4 is 17.3 Å². The maximum absolute atomic E-state index is 6.10. The zero-order chi connectivity index (χ0) is 13.5. The summed E-state index contributed by atoms with van der Waals surface area (Å²) in [6.45, 7) is 2.79. The van der Waals surface area contributed by atoms with E-state index < -0.39 is 0 Å². The Balaban J connectivity index is 2.84. The highest BCUT2D eigenvalue weighted by molar-refractivity contribution is 6.32. The summed E-state index contributed by atoms with van der Waals surface area (Å²) in [7, 11) is 4.89. The first-order valence-electron chi connectivity index (χ1n) is 5.79. The fraction of sp³-hybridized carbons (Fsp3) is 0.538. The smallest absolute Gasteiger partial charge is 0.145 e. The van der Waals surface area contributed by atoms with Crippen LogP contribution in [0.25, 0.3) is 0 Å². The van der Waals surface area contributed by atoms with E-state index in [1.165, 1.54) is 0 Å². The van der Waals surface area contributed by atoms with Crippen LogP contribution in [-0.4, -0.2) is 34.0 Å². The quantitative estimate of drug-likeness (QED) is 0.828. The van der Waals surface area contributed by atoms with Gasteiger partial charge in [0, 0.05) is 25.8 Å². The van der Waals surface area contributed by atoms with Crippen LogP contribution in [0.3, 0.4) is 0 Å². The Labute approximate surface area is 113 Å². The van der Waals surface area contributed by atoms with Crippen LogP contribution in [0.5, 0.6) is 11.5 Å². The predicted molar refractivity (Wildman–Crippen MR) is 74.1 cm³/mol. The van der Waals surface area contributed by atoms with E-state index in [9.17, 15) is 0 Å². The van der Waals surface area contributed by atoms with Crippen LogP contribution in [0, 0.1) is 0 Å². The van der Waals surface area contributed by atoms with Crippen molar-refractivity contribution in [1.29, 1.82) is 0 Å². The Hall–Kier alpha value is -1.13. The third kappa shape index (κ3) is 3.96. The number of benzene rings is 1. The molecule has 0 aliphatic heterocycles. The minimum Gasteiger partial charge on any atom is -0.495 e. The van der Waals surface area contributed by atoms with Gasteiger partial charge in [-0.15, -0.1) is 0 Å². The second-order valence-corrected chi connectivity index (χ2v) is 4.42. The second kappa shape index (κ2) is 7.34. The van der Waals surface area contributed by atoms with Crippen LogP contribution in [0.1, 0.15) is 13.3 Å². The maximum Gasteiger partial charge on any atom is 0.145 e. The molecule has 0 spiro atoms. The number of hydrogen-bond donors (Lipinski definition) is 1. The van der Waals surface area contributed by atoms with Gasteiger partial charge in [-0.25, -0.2) is 0 Å². The number of anilines is 1. The molecule has 0 saturated heterocycles. The third-order valence-corrected chi connectivity index (χ3v) is 2.93. The van der Waals surface area contributed by atoms with Crippen molar-refractivity contribution in [3.63, 3.8) is 0 Å². The van der Waals surface area contributed by atoms with Crippen molar-refractivity contribution in [2.24, 2.45) is 0 Å². The number of ether oxygens (including phenoxy) is 3. The topological polar surface area (TPSA) is 39.7 Å². The first kappa shape index (κ1) is 14.9. The summed E-state index contributed by atoms with van der Waals surface area (Å²) < 4.78 is 15.5. The molecule has 1 N–H and O–H groups in total. The summed E-state index contributed by atoms with van der Waals surface area (Å²) in [6.07, 6.45) is 0.906. The van der Waals surface area contributed by atoms with E-state index in [4.69, 9.17) is 25.8 Å². The molecule has 1 aromatic carbocycles. The SMILES string of the molecule is COCCC(C)Nc1cc(Cl)c(OC)cc1OC. The van der Waals surface area contributed by atoms with Crippen molar-refractivity contribution in [2.45, 2.75) is 19.4 Å².